The van der Waals surface area contributed by atoms with Gasteiger partial charge in [0.15, 0.2) is 0 Å². The second-order valence-electron chi connectivity index (χ2n) is 15.8. The van der Waals surface area contributed by atoms with Crippen LogP contribution in [0.3, 0.4) is 0 Å². The molecule has 9 unspecified atom stereocenters. The molecule has 2 N–H and O–H groups in total. The Labute approximate surface area is 329 Å². The summed E-state index contributed by atoms with van der Waals surface area (Å²) in [6.07, 6.45) is 7.43. The number of nitrogens with zero attached hydrogens (tertiary/aromatic N) is 5. The summed E-state index contributed by atoms with van der Waals surface area (Å²) in [5.74, 6) is -0.313. The van der Waals surface area contributed by atoms with E-state index in [1.807, 2.05) is 56.1 Å². The predicted octanol–water partition coefficient (Wildman–Crippen LogP) is 3.74. The highest BCUT2D eigenvalue weighted by molar-refractivity contribution is 5.96. The Hall–Kier alpha value is -3.68. The first-order chi connectivity index (χ1) is 26.4. The summed E-state index contributed by atoms with van der Waals surface area (Å²) in [5, 5.41) is 6.11. The maximum atomic E-state index is 14.2. The van der Waals surface area contributed by atoms with Crippen molar-refractivity contribution >= 4 is 35.7 Å². The van der Waals surface area contributed by atoms with E-state index in [4.69, 9.17) is 9.47 Å². The SMILES string of the molecule is CCC=NC(=NC)[C@H](Cc1ccccc1)NC(=O)C(C)C(OC)C1CCCN1C(=O)CC(OC)C(C(C)CC)N(C)C(=O)CNC(=O)C1C2CCC(C2)N1C. The maximum absolute atomic E-state index is 14.2. The van der Waals surface area contributed by atoms with E-state index in [1.165, 1.54) is 0 Å². The number of aliphatic imine (C=N–C) groups is 2. The topological polar surface area (TPSA) is 145 Å². The second-order valence-corrected chi connectivity index (χ2v) is 15.8. The Kier molecular flexibility index (Phi) is 16.8. The molecule has 3 aliphatic rings. The van der Waals surface area contributed by atoms with Crippen molar-refractivity contribution < 1.29 is 28.7 Å². The van der Waals surface area contributed by atoms with Gasteiger partial charge in [-0.1, -0.05) is 64.4 Å². The lowest BCUT2D eigenvalue weighted by Crippen LogP contribution is -2.55. The lowest BCUT2D eigenvalue weighted by Gasteiger charge is -2.39. The van der Waals surface area contributed by atoms with E-state index in [0.29, 0.717) is 37.2 Å². The third-order valence-electron chi connectivity index (χ3n) is 12.4. The number of rotatable bonds is 19. The number of likely N-dealkylation sites (N-methyl/N-ethyl adjacent to an activating group) is 2. The lowest BCUT2D eigenvalue weighted by molar-refractivity contribution is -0.146. The van der Waals surface area contributed by atoms with Gasteiger partial charge in [-0.3, -0.25) is 29.1 Å². The van der Waals surface area contributed by atoms with Gasteiger partial charge in [0.2, 0.25) is 23.6 Å². The van der Waals surface area contributed by atoms with Crippen LogP contribution in [-0.2, 0) is 35.1 Å². The number of hydrogen-bond acceptors (Lipinski definition) is 8. The van der Waals surface area contributed by atoms with Crippen molar-refractivity contribution in [3.8, 4) is 0 Å². The standard InChI is InChI=1S/C42H67N7O6/c1-10-21-44-40(43-5)32(23-29-16-13-12-14-17-29)46-41(52)28(4)39(55-9)33-18-15-22-49(33)35(50)25-34(54-8)37(27(3)11-2)48(7)36(51)26-45-42(53)38-30-19-20-31(24-30)47(38)6/h12-14,16-17,21,27-28,30-34,37-39H,10-11,15,18-20,22-26H2,1-9H3,(H,45,53)(H,46,52)/t27?,28?,30?,31?,32-,33?,34?,37?,38?,39?/m0/s1. The number of piperidine rings is 1. The summed E-state index contributed by atoms with van der Waals surface area (Å²) in [4.78, 5) is 69.6. The molecular formula is C42H67N7O6. The van der Waals surface area contributed by atoms with Gasteiger partial charge in [0, 0.05) is 47.1 Å². The molecule has 55 heavy (non-hydrogen) atoms. The fourth-order valence-electron chi connectivity index (χ4n) is 9.17. The third kappa shape index (κ3) is 10.8. The first-order valence-corrected chi connectivity index (χ1v) is 20.3. The molecule has 0 radical (unpaired) electrons. The van der Waals surface area contributed by atoms with Crippen LogP contribution in [0, 0.1) is 17.8 Å². The van der Waals surface area contributed by atoms with Gasteiger partial charge in [-0.25, -0.2) is 4.99 Å². The van der Waals surface area contributed by atoms with Crippen LogP contribution in [0.1, 0.15) is 84.6 Å². The Morgan fingerprint density at radius 2 is 1.78 bits per heavy atom. The predicted molar refractivity (Wildman–Crippen MR) is 216 cm³/mol. The molecule has 1 aliphatic carbocycles. The van der Waals surface area contributed by atoms with E-state index in [1.54, 1.807) is 39.4 Å². The van der Waals surface area contributed by atoms with E-state index in [-0.39, 0.29) is 54.6 Å². The number of amidine groups is 1. The zero-order valence-corrected chi connectivity index (χ0v) is 34.7. The fraction of sp³-hybridized carbons (Fsp3) is 0.714. The molecular weight excluding hydrogens is 699 g/mol. The molecule has 4 amide bonds. The monoisotopic (exact) mass is 766 g/mol. The van der Waals surface area contributed by atoms with E-state index in [9.17, 15) is 19.2 Å². The minimum atomic E-state index is -0.584. The van der Waals surface area contributed by atoms with E-state index in [0.717, 1.165) is 44.1 Å². The van der Waals surface area contributed by atoms with Crippen molar-refractivity contribution in [1.29, 1.82) is 0 Å². The molecule has 1 saturated carbocycles. The normalized spacial score (nSPS) is 24.7. The first kappa shape index (κ1) is 44.0. The largest absolute Gasteiger partial charge is 0.379 e. The van der Waals surface area contributed by atoms with E-state index >= 15 is 0 Å². The Balaban J connectivity index is 1.43. The van der Waals surface area contributed by atoms with Crippen molar-refractivity contribution in [3.63, 3.8) is 0 Å². The molecule has 2 bridgehead atoms. The molecule has 1 aromatic rings. The average molecular weight is 766 g/mol. The van der Waals surface area contributed by atoms with E-state index < -0.39 is 30.2 Å². The van der Waals surface area contributed by atoms with Crippen LogP contribution in [0.2, 0.25) is 0 Å². The van der Waals surface area contributed by atoms with Gasteiger partial charge in [0.05, 0.1) is 55.3 Å². The Bertz CT molecular complexity index is 1490. The highest BCUT2D eigenvalue weighted by atomic mass is 16.5. The molecule has 306 valence electrons. The van der Waals surface area contributed by atoms with Gasteiger partial charge >= 0.3 is 0 Å². The Morgan fingerprint density at radius 1 is 1.05 bits per heavy atom. The smallest absolute Gasteiger partial charge is 0.242 e. The summed E-state index contributed by atoms with van der Waals surface area (Å²) in [6.45, 7) is 8.38. The summed E-state index contributed by atoms with van der Waals surface area (Å²) >= 11 is 0. The fourth-order valence-corrected chi connectivity index (χ4v) is 9.17. The summed E-state index contributed by atoms with van der Waals surface area (Å²) < 4.78 is 12.0. The summed E-state index contributed by atoms with van der Waals surface area (Å²) in [7, 11) is 8.58. The van der Waals surface area contributed by atoms with Crippen LogP contribution in [0.25, 0.3) is 0 Å². The number of ether oxygens (including phenoxy) is 2. The number of hydrogen-bond donors (Lipinski definition) is 2. The number of likely N-dealkylation sites (tertiary alicyclic amines) is 2. The number of carbonyl (C=O) groups is 4. The summed E-state index contributed by atoms with van der Waals surface area (Å²) in [5.41, 5.74) is 1.05. The van der Waals surface area contributed by atoms with Crippen molar-refractivity contribution in [2.45, 2.75) is 128 Å². The number of fused-ring (bicyclic) bond motifs is 2. The van der Waals surface area contributed by atoms with Crippen LogP contribution < -0.4 is 10.6 Å². The van der Waals surface area contributed by atoms with Crippen LogP contribution in [0.5, 0.6) is 0 Å². The molecule has 13 nitrogen and oxygen atoms in total. The van der Waals surface area contributed by atoms with Crippen LogP contribution in [0.15, 0.2) is 40.3 Å². The molecule has 3 fully saturated rings. The maximum Gasteiger partial charge on any atom is 0.242 e. The number of carbonyl (C=O) groups excluding carboxylic acids is 4. The van der Waals surface area contributed by atoms with Crippen LogP contribution in [-0.4, -0.2) is 141 Å². The van der Waals surface area contributed by atoms with Gasteiger partial charge < -0.3 is 29.9 Å². The molecule has 4 rings (SSSR count). The van der Waals surface area contributed by atoms with Gasteiger partial charge in [0.25, 0.3) is 0 Å². The number of methoxy groups -OCH3 is 2. The van der Waals surface area contributed by atoms with Gasteiger partial charge in [-0.05, 0) is 69.4 Å². The molecule has 0 aromatic heterocycles. The first-order valence-electron chi connectivity index (χ1n) is 20.3. The number of benzene rings is 1. The van der Waals surface area contributed by atoms with Gasteiger partial charge in [-0.2, -0.15) is 0 Å². The molecule has 0 spiro atoms. The van der Waals surface area contributed by atoms with Crippen molar-refractivity contribution in [2.24, 2.45) is 27.7 Å². The number of amides is 4. The molecule has 2 aliphatic heterocycles. The van der Waals surface area contributed by atoms with Crippen molar-refractivity contribution in [2.75, 3.05) is 48.5 Å². The lowest BCUT2D eigenvalue weighted by atomic mass is 9.90. The van der Waals surface area contributed by atoms with Gasteiger partial charge in [-0.15, -0.1) is 0 Å². The zero-order valence-electron chi connectivity index (χ0n) is 34.7. The molecule has 2 heterocycles. The molecule has 2 saturated heterocycles. The molecule has 10 atom stereocenters. The quantitative estimate of drug-likeness (QED) is 0.161. The van der Waals surface area contributed by atoms with Gasteiger partial charge in [0.1, 0.15) is 5.84 Å². The molecule has 1 aromatic carbocycles. The minimum Gasteiger partial charge on any atom is -0.379 e. The Morgan fingerprint density at radius 3 is 2.38 bits per heavy atom. The highest BCUT2D eigenvalue weighted by Crippen LogP contribution is 2.41. The third-order valence-corrected chi connectivity index (χ3v) is 12.4. The summed E-state index contributed by atoms with van der Waals surface area (Å²) in [6, 6.07) is 9.01. The minimum absolute atomic E-state index is 0.0194. The van der Waals surface area contributed by atoms with Crippen LogP contribution >= 0.6 is 0 Å². The van der Waals surface area contributed by atoms with Crippen molar-refractivity contribution in [1.82, 2.24) is 25.3 Å². The van der Waals surface area contributed by atoms with Crippen LogP contribution in [0.4, 0.5) is 0 Å². The molecule has 13 heteroatoms. The second kappa shape index (κ2) is 21.0. The number of nitrogens with one attached hydrogen (secondary N) is 2. The zero-order chi connectivity index (χ0) is 40.2. The highest BCUT2D eigenvalue weighted by Gasteiger charge is 2.47. The van der Waals surface area contributed by atoms with E-state index in [2.05, 4.69) is 39.4 Å². The van der Waals surface area contributed by atoms with Crippen molar-refractivity contribution in [3.05, 3.63) is 35.9 Å². The average Bonchev–Trinajstić information content (AvgIpc) is 3.95.